The van der Waals surface area contributed by atoms with Crippen LogP contribution in [0.2, 0.25) is 10.0 Å². The highest BCUT2D eigenvalue weighted by Gasteiger charge is 2.16. The van der Waals surface area contributed by atoms with Crippen LogP contribution in [-0.2, 0) is 6.42 Å². The van der Waals surface area contributed by atoms with Crippen molar-refractivity contribution in [3.8, 4) is 0 Å². The SMILES string of the molecule is NNC(Cc1ccc(F)cc1Br)c1cc(Cl)ccc1Cl. The molecule has 0 bridgehead atoms. The van der Waals surface area contributed by atoms with Crippen molar-refractivity contribution in [2.24, 2.45) is 5.84 Å². The van der Waals surface area contributed by atoms with Gasteiger partial charge in [0.05, 0.1) is 6.04 Å². The van der Waals surface area contributed by atoms with Gasteiger partial charge in [-0.3, -0.25) is 11.3 Å². The van der Waals surface area contributed by atoms with Gasteiger partial charge >= 0.3 is 0 Å². The van der Waals surface area contributed by atoms with Crippen LogP contribution < -0.4 is 11.3 Å². The van der Waals surface area contributed by atoms with Crippen molar-refractivity contribution < 1.29 is 4.39 Å². The number of hydrogen-bond donors (Lipinski definition) is 2. The zero-order chi connectivity index (χ0) is 14.7. The summed E-state index contributed by atoms with van der Waals surface area (Å²) < 4.78 is 13.8. The highest BCUT2D eigenvalue weighted by Crippen LogP contribution is 2.30. The standard InChI is InChI=1S/C14H12BrCl2FN2/c15-12-7-10(18)3-1-8(12)5-14(20-19)11-6-9(16)2-4-13(11)17/h1-4,6-7,14,20H,5,19H2. The number of benzene rings is 2. The van der Waals surface area contributed by atoms with Crippen molar-refractivity contribution in [1.82, 2.24) is 5.43 Å². The quantitative estimate of drug-likeness (QED) is 0.601. The Labute approximate surface area is 135 Å². The van der Waals surface area contributed by atoms with Crippen molar-refractivity contribution in [3.63, 3.8) is 0 Å². The van der Waals surface area contributed by atoms with Gasteiger partial charge in [0.25, 0.3) is 0 Å². The van der Waals surface area contributed by atoms with Crippen molar-refractivity contribution >= 4 is 39.1 Å². The number of rotatable bonds is 4. The normalized spacial score (nSPS) is 12.4. The van der Waals surface area contributed by atoms with Crippen molar-refractivity contribution in [2.75, 3.05) is 0 Å². The zero-order valence-electron chi connectivity index (χ0n) is 10.3. The summed E-state index contributed by atoms with van der Waals surface area (Å²) in [5, 5.41) is 1.17. The Bertz CT molecular complexity index is 622. The molecule has 2 aromatic carbocycles. The van der Waals surface area contributed by atoms with Gasteiger partial charge in [-0.1, -0.05) is 45.2 Å². The molecular formula is C14H12BrCl2FN2. The number of halogens is 4. The van der Waals surface area contributed by atoms with E-state index in [1.54, 1.807) is 24.3 Å². The third kappa shape index (κ3) is 3.71. The summed E-state index contributed by atoms with van der Waals surface area (Å²) in [5.74, 6) is 5.32. The van der Waals surface area contributed by atoms with Crippen molar-refractivity contribution in [1.29, 1.82) is 0 Å². The molecule has 20 heavy (non-hydrogen) atoms. The fourth-order valence-electron chi connectivity index (χ4n) is 1.95. The third-order valence-corrected chi connectivity index (χ3v) is 4.29. The van der Waals surface area contributed by atoms with Crippen LogP contribution in [0.15, 0.2) is 40.9 Å². The van der Waals surface area contributed by atoms with E-state index in [2.05, 4.69) is 21.4 Å². The molecular weight excluding hydrogens is 366 g/mol. The second-order valence-corrected chi connectivity index (χ2v) is 6.02. The highest BCUT2D eigenvalue weighted by molar-refractivity contribution is 9.10. The molecule has 2 aromatic rings. The maximum absolute atomic E-state index is 13.1. The average molecular weight is 378 g/mol. The van der Waals surface area contributed by atoms with Gasteiger partial charge in [0, 0.05) is 14.5 Å². The Hall–Kier alpha value is -0.650. The fraction of sp³-hybridized carbons (Fsp3) is 0.143. The maximum Gasteiger partial charge on any atom is 0.124 e. The molecule has 3 N–H and O–H groups in total. The van der Waals surface area contributed by atoms with E-state index in [0.29, 0.717) is 20.9 Å². The van der Waals surface area contributed by atoms with E-state index in [0.717, 1.165) is 11.1 Å². The Kier molecular flexibility index (Phi) is 5.41. The molecule has 0 amide bonds. The highest BCUT2D eigenvalue weighted by atomic mass is 79.9. The lowest BCUT2D eigenvalue weighted by Crippen LogP contribution is -2.30. The second kappa shape index (κ2) is 6.87. The molecule has 1 atom stereocenters. The Morgan fingerprint density at radius 3 is 2.60 bits per heavy atom. The van der Waals surface area contributed by atoms with Crippen LogP contribution in [-0.4, -0.2) is 0 Å². The number of nitrogens with two attached hydrogens (primary N) is 1. The van der Waals surface area contributed by atoms with E-state index in [1.807, 2.05) is 0 Å². The van der Waals surface area contributed by atoms with Crippen LogP contribution in [0.5, 0.6) is 0 Å². The van der Waals surface area contributed by atoms with Gasteiger partial charge in [0.15, 0.2) is 0 Å². The summed E-state index contributed by atoms with van der Waals surface area (Å²) in [6.07, 6.45) is 0.553. The lowest BCUT2D eigenvalue weighted by molar-refractivity contribution is 0.550. The predicted octanol–water partition coefficient (Wildman–Crippen LogP) is 4.64. The summed E-state index contributed by atoms with van der Waals surface area (Å²) in [5.41, 5.74) is 4.44. The van der Waals surface area contributed by atoms with Gasteiger partial charge in [0.2, 0.25) is 0 Å². The third-order valence-electron chi connectivity index (χ3n) is 2.97. The van der Waals surface area contributed by atoms with Crippen LogP contribution in [0.1, 0.15) is 17.2 Å². The van der Waals surface area contributed by atoms with Gasteiger partial charge in [-0.2, -0.15) is 0 Å². The first kappa shape index (κ1) is 15.7. The van der Waals surface area contributed by atoms with Crippen LogP contribution >= 0.6 is 39.1 Å². The van der Waals surface area contributed by atoms with E-state index in [9.17, 15) is 4.39 Å². The van der Waals surface area contributed by atoms with Gasteiger partial charge in [-0.05, 0) is 47.9 Å². The summed E-state index contributed by atoms with van der Waals surface area (Å²) in [6.45, 7) is 0. The number of nitrogens with one attached hydrogen (secondary N) is 1. The largest absolute Gasteiger partial charge is 0.271 e. The predicted molar refractivity (Wildman–Crippen MR) is 84.3 cm³/mol. The monoisotopic (exact) mass is 376 g/mol. The minimum atomic E-state index is -0.293. The summed E-state index contributed by atoms with van der Waals surface area (Å²) in [6, 6.07) is 9.53. The van der Waals surface area contributed by atoms with E-state index in [4.69, 9.17) is 29.0 Å². The van der Waals surface area contributed by atoms with Crippen molar-refractivity contribution in [2.45, 2.75) is 12.5 Å². The van der Waals surface area contributed by atoms with Crippen LogP contribution in [0, 0.1) is 5.82 Å². The number of hydrazine groups is 1. The summed E-state index contributed by atoms with van der Waals surface area (Å²) in [7, 11) is 0. The van der Waals surface area contributed by atoms with E-state index in [-0.39, 0.29) is 11.9 Å². The Balaban J connectivity index is 2.31. The molecule has 6 heteroatoms. The van der Waals surface area contributed by atoms with E-state index < -0.39 is 0 Å². The molecule has 0 heterocycles. The topological polar surface area (TPSA) is 38.0 Å². The first-order valence-corrected chi connectivity index (χ1v) is 7.41. The molecule has 2 nitrogen and oxygen atoms in total. The minimum Gasteiger partial charge on any atom is -0.271 e. The van der Waals surface area contributed by atoms with Crippen molar-refractivity contribution in [3.05, 3.63) is 67.9 Å². The molecule has 0 aromatic heterocycles. The maximum atomic E-state index is 13.1. The first-order valence-electron chi connectivity index (χ1n) is 5.86. The first-order chi connectivity index (χ1) is 9.51. The summed E-state index contributed by atoms with van der Waals surface area (Å²) >= 11 is 15.5. The molecule has 0 spiro atoms. The molecule has 0 aliphatic rings. The summed E-state index contributed by atoms with van der Waals surface area (Å²) in [4.78, 5) is 0. The molecule has 2 rings (SSSR count). The minimum absolute atomic E-state index is 0.219. The molecule has 0 fully saturated rings. The van der Waals surface area contributed by atoms with Gasteiger partial charge in [-0.15, -0.1) is 0 Å². The van der Waals surface area contributed by atoms with Crippen LogP contribution in [0.3, 0.4) is 0 Å². The molecule has 0 radical (unpaired) electrons. The Morgan fingerprint density at radius 1 is 1.20 bits per heavy atom. The average Bonchev–Trinajstić information content (AvgIpc) is 2.41. The Morgan fingerprint density at radius 2 is 1.95 bits per heavy atom. The van der Waals surface area contributed by atoms with Gasteiger partial charge < -0.3 is 0 Å². The molecule has 0 saturated carbocycles. The van der Waals surface area contributed by atoms with Gasteiger partial charge in [0.1, 0.15) is 5.82 Å². The molecule has 0 aliphatic carbocycles. The fourth-order valence-corrected chi connectivity index (χ4v) is 2.89. The zero-order valence-corrected chi connectivity index (χ0v) is 13.4. The van der Waals surface area contributed by atoms with E-state index >= 15 is 0 Å². The van der Waals surface area contributed by atoms with E-state index in [1.165, 1.54) is 12.1 Å². The lowest BCUT2D eigenvalue weighted by atomic mass is 9.99. The molecule has 0 aliphatic heterocycles. The van der Waals surface area contributed by atoms with Gasteiger partial charge in [-0.25, -0.2) is 4.39 Å². The molecule has 1 unspecified atom stereocenters. The lowest BCUT2D eigenvalue weighted by Gasteiger charge is -2.19. The number of hydrogen-bond acceptors (Lipinski definition) is 2. The smallest absolute Gasteiger partial charge is 0.124 e. The molecule has 106 valence electrons. The van der Waals surface area contributed by atoms with Crippen LogP contribution in [0.25, 0.3) is 0 Å². The molecule has 0 saturated heterocycles. The van der Waals surface area contributed by atoms with Crippen LogP contribution in [0.4, 0.5) is 4.39 Å². The second-order valence-electron chi connectivity index (χ2n) is 4.32.